The van der Waals surface area contributed by atoms with E-state index in [0.717, 1.165) is 23.3 Å². The highest BCUT2D eigenvalue weighted by atomic mass is 35.5. The number of hydrogen-bond acceptors (Lipinski definition) is 5. The van der Waals surface area contributed by atoms with Gasteiger partial charge in [0.15, 0.2) is 0 Å². The summed E-state index contributed by atoms with van der Waals surface area (Å²) in [4.78, 5) is 53.4. The summed E-state index contributed by atoms with van der Waals surface area (Å²) in [6, 6.07) is 12.5. The molecule has 2 aliphatic rings. The molecule has 1 N–H and O–H groups in total. The van der Waals surface area contributed by atoms with Gasteiger partial charge in [0.05, 0.1) is 24.6 Å². The van der Waals surface area contributed by atoms with E-state index in [1.165, 1.54) is 11.8 Å². The highest BCUT2D eigenvalue weighted by molar-refractivity contribution is 6.30. The minimum Gasteiger partial charge on any atom is -0.376 e. The number of benzene rings is 2. The van der Waals surface area contributed by atoms with Gasteiger partial charge >= 0.3 is 0 Å². The molecular formula is C25H26ClN3O5. The smallest absolute Gasteiger partial charge is 0.257 e. The largest absolute Gasteiger partial charge is 0.376 e. The summed E-state index contributed by atoms with van der Waals surface area (Å²) < 4.78 is 5.72. The number of amides is 4. The molecule has 2 aromatic carbocycles. The zero-order chi connectivity index (χ0) is 24.2. The highest BCUT2D eigenvalue weighted by Crippen LogP contribution is 2.28. The van der Waals surface area contributed by atoms with Gasteiger partial charge in [-0.3, -0.25) is 19.2 Å². The summed E-state index contributed by atoms with van der Waals surface area (Å²) in [5.41, 5.74) is 1.73. The van der Waals surface area contributed by atoms with E-state index in [2.05, 4.69) is 5.32 Å². The van der Waals surface area contributed by atoms with Crippen molar-refractivity contribution in [1.82, 2.24) is 4.90 Å². The van der Waals surface area contributed by atoms with Gasteiger partial charge in [0, 0.05) is 30.8 Å². The van der Waals surface area contributed by atoms with Crippen LogP contribution in [-0.4, -0.2) is 53.8 Å². The molecule has 0 aromatic heterocycles. The number of nitrogens with zero attached hydrogens (tertiary/aromatic N) is 2. The van der Waals surface area contributed by atoms with Crippen LogP contribution >= 0.6 is 11.6 Å². The Labute approximate surface area is 202 Å². The van der Waals surface area contributed by atoms with Crippen molar-refractivity contribution in [3.05, 3.63) is 59.1 Å². The Hall–Kier alpha value is -3.23. The van der Waals surface area contributed by atoms with Gasteiger partial charge in [-0.2, -0.15) is 0 Å². The van der Waals surface area contributed by atoms with Crippen LogP contribution in [0.4, 0.5) is 11.4 Å². The molecular weight excluding hydrogens is 458 g/mol. The number of anilines is 2. The number of halogens is 1. The summed E-state index contributed by atoms with van der Waals surface area (Å²) in [6.45, 7) is 2.27. The average molecular weight is 484 g/mol. The van der Waals surface area contributed by atoms with Gasteiger partial charge in [-0.15, -0.1) is 0 Å². The van der Waals surface area contributed by atoms with Crippen molar-refractivity contribution in [2.45, 2.75) is 44.8 Å². The zero-order valence-electron chi connectivity index (χ0n) is 18.8. The van der Waals surface area contributed by atoms with Crippen molar-refractivity contribution in [3.8, 4) is 0 Å². The van der Waals surface area contributed by atoms with Crippen molar-refractivity contribution in [3.63, 3.8) is 0 Å². The fraction of sp³-hybridized carbons (Fsp3) is 0.360. The standard InChI is InChI=1S/C25H26ClN3O5/c1-16(30)27-19-8-10-20(11-9-19)29-24(32)14-22(25(29)33)28(15-21-3-2-12-34-21)23(31)13-17-4-6-18(26)7-5-17/h4-11,21-22H,2-3,12-15H2,1H3,(H,27,30). The van der Waals surface area contributed by atoms with E-state index in [1.54, 1.807) is 48.5 Å². The van der Waals surface area contributed by atoms with Crippen LogP contribution in [0, 0.1) is 0 Å². The third-order valence-corrected chi connectivity index (χ3v) is 6.21. The lowest BCUT2D eigenvalue weighted by atomic mass is 10.1. The molecule has 34 heavy (non-hydrogen) atoms. The first-order valence-electron chi connectivity index (χ1n) is 11.2. The van der Waals surface area contributed by atoms with Crippen molar-refractivity contribution >= 4 is 46.6 Å². The van der Waals surface area contributed by atoms with Gasteiger partial charge in [0.2, 0.25) is 17.7 Å². The van der Waals surface area contributed by atoms with E-state index in [9.17, 15) is 19.2 Å². The topological polar surface area (TPSA) is 96.0 Å². The molecule has 178 valence electrons. The second-order valence-electron chi connectivity index (χ2n) is 8.50. The van der Waals surface area contributed by atoms with Crippen LogP contribution in [0.1, 0.15) is 31.7 Å². The normalized spacial score (nSPS) is 20.0. The maximum Gasteiger partial charge on any atom is 0.257 e. The Morgan fingerprint density at radius 3 is 2.44 bits per heavy atom. The van der Waals surface area contributed by atoms with E-state index in [0.29, 0.717) is 23.0 Å². The third-order valence-electron chi connectivity index (χ3n) is 5.96. The van der Waals surface area contributed by atoms with Crippen LogP contribution in [0.2, 0.25) is 5.02 Å². The monoisotopic (exact) mass is 483 g/mol. The molecule has 4 rings (SSSR count). The van der Waals surface area contributed by atoms with Crippen LogP contribution in [0.3, 0.4) is 0 Å². The Morgan fingerprint density at radius 1 is 1.12 bits per heavy atom. The molecule has 2 unspecified atom stereocenters. The first-order valence-corrected chi connectivity index (χ1v) is 11.6. The van der Waals surface area contributed by atoms with Crippen molar-refractivity contribution in [1.29, 1.82) is 0 Å². The maximum atomic E-state index is 13.4. The number of nitrogens with one attached hydrogen (secondary N) is 1. The van der Waals surface area contributed by atoms with Gasteiger partial charge in [0.25, 0.3) is 5.91 Å². The molecule has 0 aliphatic carbocycles. The summed E-state index contributed by atoms with van der Waals surface area (Å²) in [7, 11) is 0. The van der Waals surface area contributed by atoms with E-state index in [-0.39, 0.29) is 43.2 Å². The molecule has 0 saturated carbocycles. The molecule has 2 heterocycles. The van der Waals surface area contributed by atoms with E-state index < -0.39 is 11.9 Å². The zero-order valence-corrected chi connectivity index (χ0v) is 19.6. The van der Waals surface area contributed by atoms with Crippen molar-refractivity contribution < 1.29 is 23.9 Å². The van der Waals surface area contributed by atoms with E-state index >= 15 is 0 Å². The van der Waals surface area contributed by atoms with Crippen LogP contribution in [-0.2, 0) is 30.3 Å². The first-order chi connectivity index (χ1) is 16.3. The summed E-state index contributed by atoms with van der Waals surface area (Å²) >= 11 is 5.95. The Kier molecular flexibility index (Phi) is 7.29. The third kappa shape index (κ3) is 5.46. The highest BCUT2D eigenvalue weighted by Gasteiger charge is 2.45. The molecule has 2 atom stereocenters. The molecule has 2 aliphatic heterocycles. The van der Waals surface area contributed by atoms with Crippen LogP contribution in [0.5, 0.6) is 0 Å². The van der Waals surface area contributed by atoms with Crippen LogP contribution in [0.25, 0.3) is 0 Å². The molecule has 0 bridgehead atoms. The lowest BCUT2D eigenvalue weighted by Crippen LogP contribution is -2.49. The van der Waals surface area contributed by atoms with Gasteiger partial charge in [-0.1, -0.05) is 23.7 Å². The number of imide groups is 1. The molecule has 9 heteroatoms. The average Bonchev–Trinajstić information content (AvgIpc) is 3.41. The number of hydrogen-bond donors (Lipinski definition) is 1. The minimum absolute atomic E-state index is 0.0905. The molecule has 0 radical (unpaired) electrons. The SMILES string of the molecule is CC(=O)Nc1ccc(N2C(=O)CC(N(CC3CCCO3)C(=O)Cc3ccc(Cl)cc3)C2=O)cc1. The van der Waals surface area contributed by atoms with Crippen LogP contribution < -0.4 is 10.2 Å². The second-order valence-corrected chi connectivity index (χ2v) is 8.94. The van der Waals surface area contributed by atoms with Crippen molar-refractivity contribution in [2.75, 3.05) is 23.4 Å². The predicted octanol–water partition coefficient (Wildman–Crippen LogP) is 3.18. The summed E-state index contributed by atoms with van der Waals surface area (Å²) in [5, 5.41) is 3.22. The Balaban J connectivity index is 1.54. The summed E-state index contributed by atoms with van der Waals surface area (Å²) in [6.07, 6.45) is 1.53. The number of carbonyl (C=O) groups is 4. The Morgan fingerprint density at radius 2 is 1.82 bits per heavy atom. The molecule has 4 amide bonds. The summed E-state index contributed by atoms with van der Waals surface area (Å²) in [5.74, 6) is -1.28. The van der Waals surface area contributed by atoms with Gasteiger partial charge in [-0.05, 0) is 54.8 Å². The maximum absolute atomic E-state index is 13.4. The fourth-order valence-electron chi connectivity index (χ4n) is 4.32. The van der Waals surface area contributed by atoms with Crippen molar-refractivity contribution in [2.24, 2.45) is 0 Å². The fourth-order valence-corrected chi connectivity index (χ4v) is 4.44. The van der Waals surface area contributed by atoms with E-state index in [1.807, 2.05) is 0 Å². The molecule has 2 fully saturated rings. The van der Waals surface area contributed by atoms with E-state index in [4.69, 9.17) is 16.3 Å². The van der Waals surface area contributed by atoms with Gasteiger partial charge in [-0.25, -0.2) is 4.90 Å². The molecule has 2 saturated heterocycles. The predicted molar refractivity (Wildman–Crippen MR) is 127 cm³/mol. The second kappa shape index (κ2) is 10.4. The lowest BCUT2D eigenvalue weighted by molar-refractivity contribution is -0.139. The van der Waals surface area contributed by atoms with Gasteiger partial charge in [0.1, 0.15) is 6.04 Å². The molecule has 2 aromatic rings. The lowest BCUT2D eigenvalue weighted by Gasteiger charge is -2.30. The quantitative estimate of drug-likeness (QED) is 0.610. The minimum atomic E-state index is -0.897. The number of ether oxygens (including phenoxy) is 1. The molecule has 0 spiro atoms. The van der Waals surface area contributed by atoms with Crippen LogP contribution in [0.15, 0.2) is 48.5 Å². The number of rotatable bonds is 7. The number of carbonyl (C=O) groups excluding carboxylic acids is 4. The Bertz CT molecular complexity index is 1080. The first kappa shape index (κ1) is 23.9. The molecule has 8 nitrogen and oxygen atoms in total. The van der Waals surface area contributed by atoms with Gasteiger partial charge < -0.3 is 15.0 Å².